The summed E-state index contributed by atoms with van der Waals surface area (Å²) in [6, 6.07) is 6.57. The van der Waals surface area contributed by atoms with Crippen molar-refractivity contribution >= 4 is 44.5 Å². The second-order valence-electron chi connectivity index (χ2n) is 8.75. The SMILES string of the molecule is Cc1ccc(S(=O)(=O)NCCNC(=O)c2csc(C3CCN(C(=O)c4sc(C)nc4C)CC3)n2)cc1. The maximum Gasteiger partial charge on any atom is 0.270 e. The van der Waals surface area contributed by atoms with Gasteiger partial charge in [0, 0.05) is 37.5 Å². The van der Waals surface area contributed by atoms with Gasteiger partial charge in [0.25, 0.3) is 11.8 Å². The lowest BCUT2D eigenvalue weighted by Gasteiger charge is -2.30. The van der Waals surface area contributed by atoms with Gasteiger partial charge in [-0.1, -0.05) is 17.7 Å². The van der Waals surface area contributed by atoms with E-state index in [1.54, 1.807) is 29.6 Å². The lowest BCUT2D eigenvalue weighted by Crippen LogP contribution is -2.37. The Bertz CT molecular complexity index is 1340. The summed E-state index contributed by atoms with van der Waals surface area (Å²) in [5.74, 6) is -0.101. The second kappa shape index (κ2) is 11.2. The quantitative estimate of drug-likeness (QED) is 0.418. The van der Waals surface area contributed by atoms with Crippen molar-refractivity contribution in [1.29, 1.82) is 0 Å². The number of aryl methyl sites for hydroxylation is 3. The Balaban J connectivity index is 1.24. The average molecular weight is 548 g/mol. The molecule has 4 rings (SSSR count). The lowest BCUT2D eigenvalue weighted by atomic mass is 9.97. The Kier molecular flexibility index (Phi) is 8.18. The first-order valence-electron chi connectivity index (χ1n) is 11.7. The minimum Gasteiger partial charge on any atom is -0.349 e. The van der Waals surface area contributed by atoms with Crippen molar-refractivity contribution < 1.29 is 18.0 Å². The number of aromatic nitrogens is 2. The van der Waals surface area contributed by atoms with Crippen LogP contribution >= 0.6 is 22.7 Å². The molecule has 2 amide bonds. The second-order valence-corrected chi connectivity index (χ2v) is 12.6. The number of benzene rings is 1. The maximum absolute atomic E-state index is 12.8. The van der Waals surface area contributed by atoms with Crippen LogP contribution in [0.15, 0.2) is 34.5 Å². The standard InChI is InChI=1S/C24H29N5O4S3/c1-15-4-6-19(7-5-15)36(32,33)26-11-10-25-22(30)20-14-34-23(28-20)18-8-12-29(13-9-18)24(31)21-16(2)27-17(3)35-21/h4-7,14,18,26H,8-13H2,1-3H3,(H,25,30). The molecule has 1 aliphatic rings. The smallest absolute Gasteiger partial charge is 0.270 e. The van der Waals surface area contributed by atoms with E-state index in [4.69, 9.17) is 0 Å². The van der Waals surface area contributed by atoms with Crippen molar-refractivity contribution in [3.05, 3.63) is 61.5 Å². The van der Waals surface area contributed by atoms with E-state index in [1.807, 2.05) is 25.7 Å². The van der Waals surface area contributed by atoms with E-state index in [0.29, 0.717) is 23.7 Å². The summed E-state index contributed by atoms with van der Waals surface area (Å²) in [7, 11) is -3.63. The number of hydrogen-bond acceptors (Lipinski definition) is 8. The molecule has 192 valence electrons. The maximum atomic E-state index is 12.8. The van der Waals surface area contributed by atoms with E-state index in [-0.39, 0.29) is 35.7 Å². The molecule has 3 aromatic rings. The van der Waals surface area contributed by atoms with Crippen molar-refractivity contribution in [2.45, 2.75) is 44.4 Å². The molecule has 0 unspecified atom stereocenters. The molecule has 1 aromatic carbocycles. The summed E-state index contributed by atoms with van der Waals surface area (Å²) in [6.07, 6.45) is 1.58. The molecule has 9 nitrogen and oxygen atoms in total. The van der Waals surface area contributed by atoms with Crippen LogP contribution in [-0.2, 0) is 10.0 Å². The average Bonchev–Trinajstić information content (AvgIpc) is 3.48. The van der Waals surface area contributed by atoms with Crippen molar-refractivity contribution in [3.63, 3.8) is 0 Å². The monoisotopic (exact) mass is 547 g/mol. The van der Waals surface area contributed by atoms with Gasteiger partial charge in [0.15, 0.2) is 0 Å². The summed E-state index contributed by atoms with van der Waals surface area (Å²) in [5.41, 5.74) is 2.08. The fourth-order valence-corrected chi connectivity index (χ4v) is 6.93. The summed E-state index contributed by atoms with van der Waals surface area (Å²) in [6.45, 7) is 7.16. The number of carbonyl (C=O) groups is 2. The molecule has 12 heteroatoms. The number of amides is 2. The lowest BCUT2D eigenvalue weighted by molar-refractivity contribution is 0.0717. The van der Waals surface area contributed by atoms with Crippen molar-refractivity contribution in [3.8, 4) is 0 Å². The highest BCUT2D eigenvalue weighted by atomic mass is 32.2. The van der Waals surface area contributed by atoms with E-state index in [9.17, 15) is 18.0 Å². The van der Waals surface area contributed by atoms with E-state index < -0.39 is 10.0 Å². The van der Waals surface area contributed by atoms with Crippen LogP contribution in [0.5, 0.6) is 0 Å². The normalized spacial score (nSPS) is 14.7. The molecule has 1 fully saturated rings. The molecule has 2 N–H and O–H groups in total. The van der Waals surface area contributed by atoms with Crippen molar-refractivity contribution in [1.82, 2.24) is 24.9 Å². The van der Waals surface area contributed by atoms with Crippen LogP contribution in [0.4, 0.5) is 0 Å². The number of hydrogen-bond donors (Lipinski definition) is 2. The molecule has 0 bridgehead atoms. The topological polar surface area (TPSA) is 121 Å². The molecule has 0 saturated carbocycles. The molecule has 0 radical (unpaired) electrons. The van der Waals surface area contributed by atoms with Gasteiger partial charge in [0.05, 0.1) is 20.6 Å². The highest BCUT2D eigenvalue weighted by Crippen LogP contribution is 2.31. The molecular formula is C24H29N5O4S3. The minimum absolute atomic E-state index is 0.0359. The summed E-state index contributed by atoms with van der Waals surface area (Å²) >= 11 is 2.88. The zero-order chi connectivity index (χ0) is 25.9. The molecule has 2 aromatic heterocycles. The van der Waals surface area contributed by atoms with E-state index in [1.165, 1.54) is 22.7 Å². The summed E-state index contributed by atoms with van der Waals surface area (Å²) < 4.78 is 27.2. The van der Waals surface area contributed by atoms with E-state index >= 15 is 0 Å². The number of thiazole rings is 2. The number of rotatable bonds is 8. The molecule has 0 atom stereocenters. The zero-order valence-corrected chi connectivity index (χ0v) is 22.9. The fraction of sp³-hybridized carbons (Fsp3) is 0.417. The van der Waals surface area contributed by atoms with Crippen molar-refractivity contribution in [2.24, 2.45) is 0 Å². The number of nitrogens with zero attached hydrogens (tertiary/aromatic N) is 3. The van der Waals surface area contributed by atoms with Crippen LogP contribution < -0.4 is 10.0 Å². The molecule has 36 heavy (non-hydrogen) atoms. The van der Waals surface area contributed by atoms with Gasteiger partial charge >= 0.3 is 0 Å². The van der Waals surface area contributed by atoms with Crippen LogP contribution in [0.2, 0.25) is 0 Å². The molecule has 3 heterocycles. The molecule has 1 saturated heterocycles. The van der Waals surface area contributed by atoms with Gasteiger partial charge in [-0.05, 0) is 45.7 Å². The fourth-order valence-electron chi connectivity index (χ4n) is 4.04. The van der Waals surface area contributed by atoms with Crippen LogP contribution in [0.25, 0.3) is 0 Å². The molecular weight excluding hydrogens is 518 g/mol. The van der Waals surface area contributed by atoms with Gasteiger partial charge in [0.1, 0.15) is 10.6 Å². The van der Waals surface area contributed by atoms with Gasteiger partial charge in [0.2, 0.25) is 10.0 Å². The number of carbonyl (C=O) groups excluding carboxylic acids is 2. The Morgan fingerprint density at radius 2 is 1.75 bits per heavy atom. The van der Waals surface area contributed by atoms with Gasteiger partial charge in [-0.2, -0.15) is 0 Å². The summed E-state index contributed by atoms with van der Waals surface area (Å²) in [5, 5.41) is 6.22. The van der Waals surface area contributed by atoms with Crippen LogP contribution in [0.1, 0.15) is 60.2 Å². The molecule has 1 aliphatic heterocycles. The largest absolute Gasteiger partial charge is 0.349 e. The number of piperidine rings is 1. The van der Waals surface area contributed by atoms with Crippen LogP contribution in [0.3, 0.4) is 0 Å². The predicted molar refractivity (Wildman–Crippen MR) is 140 cm³/mol. The Morgan fingerprint density at radius 3 is 2.39 bits per heavy atom. The van der Waals surface area contributed by atoms with Gasteiger partial charge < -0.3 is 10.2 Å². The van der Waals surface area contributed by atoms with Crippen molar-refractivity contribution in [2.75, 3.05) is 26.2 Å². The van der Waals surface area contributed by atoms with Gasteiger partial charge in [-0.25, -0.2) is 23.1 Å². The van der Waals surface area contributed by atoms with E-state index in [0.717, 1.165) is 34.1 Å². The first kappa shape index (κ1) is 26.4. The highest BCUT2D eigenvalue weighted by Gasteiger charge is 2.28. The summed E-state index contributed by atoms with van der Waals surface area (Å²) in [4.78, 5) is 37.0. The first-order valence-corrected chi connectivity index (χ1v) is 14.9. The zero-order valence-electron chi connectivity index (χ0n) is 20.4. The third kappa shape index (κ3) is 6.17. The molecule has 0 spiro atoms. The number of nitrogens with one attached hydrogen (secondary N) is 2. The van der Waals surface area contributed by atoms with Gasteiger partial charge in [-0.15, -0.1) is 22.7 Å². The Morgan fingerprint density at radius 1 is 1.06 bits per heavy atom. The van der Waals surface area contributed by atoms with Crippen LogP contribution in [-0.4, -0.2) is 61.3 Å². The third-order valence-corrected chi connectivity index (χ3v) is 9.56. The first-order chi connectivity index (χ1) is 17.1. The Hall–Kier alpha value is -2.67. The van der Waals surface area contributed by atoms with Crippen LogP contribution in [0, 0.1) is 20.8 Å². The van der Waals surface area contributed by atoms with Gasteiger partial charge in [-0.3, -0.25) is 9.59 Å². The highest BCUT2D eigenvalue weighted by molar-refractivity contribution is 7.89. The third-order valence-electron chi connectivity index (χ3n) is 6.02. The molecule has 0 aliphatic carbocycles. The predicted octanol–water partition coefficient (Wildman–Crippen LogP) is 3.25. The number of likely N-dealkylation sites (tertiary alicyclic amines) is 1. The Labute approximate surface area is 219 Å². The number of sulfonamides is 1. The van der Waals surface area contributed by atoms with E-state index in [2.05, 4.69) is 20.0 Å². The minimum atomic E-state index is -3.63.